The third kappa shape index (κ3) is 2.43. The summed E-state index contributed by atoms with van der Waals surface area (Å²) in [6.07, 6.45) is -0.996. The molecule has 22 heavy (non-hydrogen) atoms. The normalized spacial score (nSPS) is 22.9. The van der Waals surface area contributed by atoms with E-state index in [1.54, 1.807) is 6.07 Å². The lowest BCUT2D eigenvalue weighted by Crippen LogP contribution is -2.39. The molecule has 2 unspecified atom stereocenters. The first-order valence-electron chi connectivity index (χ1n) is 6.79. The fourth-order valence-electron chi connectivity index (χ4n) is 3.07. The molecule has 0 saturated carbocycles. The number of esters is 1. The first kappa shape index (κ1) is 16.0. The highest BCUT2D eigenvalue weighted by Gasteiger charge is 2.54. The van der Waals surface area contributed by atoms with Crippen molar-refractivity contribution < 1.29 is 29.3 Å². The van der Waals surface area contributed by atoms with Gasteiger partial charge in [0, 0.05) is 6.92 Å². The maximum absolute atomic E-state index is 11.9. The van der Waals surface area contributed by atoms with Crippen LogP contribution in [0, 0.1) is 5.41 Å². The Morgan fingerprint density at radius 2 is 2.05 bits per heavy atom. The maximum atomic E-state index is 11.9. The SMILES string of the molecule is CC(=O)OC1c2cccc(C(=O)O)c2CC1(CCN)C(=O)O. The molecule has 2 atom stereocenters. The molecule has 0 aliphatic heterocycles. The van der Waals surface area contributed by atoms with Crippen LogP contribution in [0.4, 0.5) is 0 Å². The smallest absolute Gasteiger partial charge is 0.335 e. The second kappa shape index (κ2) is 5.76. The molecule has 2 rings (SSSR count). The summed E-state index contributed by atoms with van der Waals surface area (Å²) in [7, 11) is 0. The van der Waals surface area contributed by atoms with E-state index in [1.807, 2.05) is 0 Å². The van der Waals surface area contributed by atoms with E-state index < -0.39 is 29.4 Å². The minimum Gasteiger partial charge on any atom is -0.481 e. The third-order valence-electron chi connectivity index (χ3n) is 4.02. The van der Waals surface area contributed by atoms with Crippen LogP contribution in [0.5, 0.6) is 0 Å². The van der Waals surface area contributed by atoms with Gasteiger partial charge in [-0.3, -0.25) is 9.59 Å². The summed E-state index contributed by atoms with van der Waals surface area (Å²) in [5, 5.41) is 19.0. The lowest BCUT2D eigenvalue weighted by atomic mass is 9.79. The number of carboxylic acids is 2. The van der Waals surface area contributed by atoms with Crippen LogP contribution in [-0.4, -0.2) is 34.7 Å². The monoisotopic (exact) mass is 307 g/mol. The molecule has 0 heterocycles. The van der Waals surface area contributed by atoms with Crippen LogP contribution in [0.2, 0.25) is 0 Å². The van der Waals surface area contributed by atoms with Crippen molar-refractivity contribution in [2.24, 2.45) is 11.1 Å². The molecule has 0 amide bonds. The standard InChI is InChI=1S/C15H17NO6/c1-8(17)22-12-9-3-2-4-10(13(18)19)11(9)7-15(12,5-6-16)14(20)21/h2-4,12H,5-7,16H2,1H3,(H,18,19)(H,20,21). The molecule has 1 aromatic rings. The maximum Gasteiger partial charge on any atom is 0.335 e. The zero-order valence-electron chi connectivity index (χ0n) is 12.0. The van der Waals surface area contributed by atoms with Gasteiger partial charge in [0.05, 0.1) is 5.56 Å². The number of fused-ring (bicyclic) bond motifs is 1. The number of hydrogen-bond donors (Lipinski definition) is 3. The van der Waals surface area contributed by atoms with Crippen molar-refractivity contribution >= 4 is 17.9 Å². The van der Waals surface area contributed by atoms with Gasteiger partial charge in [0.25, 0.3) is 0 Å². The summed E-state index contributed by atoms with van der Waals surface area (Å²) in [5.74, 6) is -2.93. The molecule has 1 aliphatic rings. The number of aliphatic carboxylic acids is 1. The van der Waals surface area contributed by atoms with Crippen LogP contribution < -0.4 is 5.73 Å². The molecule has 7 heteroatoms. The number of aromatic carboxylic acids is 1. The molecular weight excluding hydrogens is 290 g/mol. The van der Waals surface area contributed by atoms with Gasteiger partial charge >= 0.3 is 17.9 Å². The molecule has 0 radical (unpaired) electrons. The van der Waals surface area contributed by atoms with E-state index >= 15 is 0 Å². The van der Waals surface area contributed by atoms with Crippen LogP contribution in [0.3, 0.4) is 0 Å². The number of rotatable bonds is 5. The lowest BCUT2D eigenvalue weighted by molar-refractivity contribution is -0.167. The van der Waals surface area contributed by atoms with Gasteiger partial charge < -0.3 is 20.7 Å². The summed E-state index contributed by atoms with van der Waals surface area (Å²) in [6, 6.07) is 4.52. The van der Waals surface area contributed by atoms with E-state index in [4.69, 9.17) is 10.5 Å². The van der Waals surface area contributed by atoms with E-state index in [-0.39, 0.29) is 24.9 Å². The largest absolute Gasteiger partial charge is 0.481 e. The summed E-state index contributed by atoms with van der Waals surface area (Å²) in [6.45, 7) is 1.27. The van der Waals surface area contributed by atoms with Crippen LogP contribution in [0.1, 0.15) is 40.9 Å². The van der Waals surface area contributed by atoms with E-state index in [1.165, 1.54) is 19.1 Å². The van der Waals surface area contributed by atoms with E-state index in [9.17, 15) is 24.6 Å². The number of benzene rings is 1. The number of carbonyl (C=O) groups is 3. The Hall–Kier alpha value is -2.41. The number of nitrogens with two attached hydrogens (primary N) is 1. The van der Waals surface area contributed by atoms with Crippen molar-refractivity contribution in [3.8, 4) is 0 Å². The van der Waals surface area contributed by atoms with Crippen molar-refractivity contribution in [3.63, 3.8) is 0 Å². The molecule has 4 N–H and O–H groups in total. The van der Waals surface area contributed by atoms with Crippen molar-refractivity contribution in [1.29, 1.82) is 0 Å². The number of hydrogen-bond acceptors (Lipinski definition) is 5. The minimum absolute atomic E-state index is 0.0230. The molecule has 7 nitrogen and oxygen atoms in total. The highest BCUT2D eigenvalue weighted by atomic mass is 16.5. The summed E-state index contributed by atoms with van der Waals surface area (Å²) < 4.78 is 5.23. The molecule has 0 aromatic heterocycles. The van der Waals surface area contributed by atoms with Gasteiger partial charge in [0.1, 0.15) is 11.5 Å². The highest BCUT2D eigenvalue weighted by molar-refractivity contribution is 5.91. The average molecular weight is 307 g/mol. The lowest BCUT2D eigenvalue weighted by Gasteiger charge is -2.30. The second-order valence-corrected chi connectivity index (χ2v) is 5.34. The Morgan fingerprint density at radius 3 is 2.55 bits per heavy atom. The van der Waals surface area contributed by atoms with Gasteiger partial charge in [-0.15, -0.1) is 0 Å². The molecular formula is C15H17NO6. The van der Waals surface area contributed by atoms with E-state index in [0.717, 1.165) is 0 Å². The van der Waals surface area contributed by atoms with Gasteiger partial charge in [0.15, 0.2) is 0 Å². The topological polar surface area (TPSA) is 127 Å². The first-order chi connectivity index (χ1) is 10.3. The van der Waals surface area contributed by atoms with Gasteiger partial charge in [-0.1, -0.05) is 12.1 Å². The molecule has 0 fully saturated rings. The summed E-state index contributed by atoms with van der Waals surface area (Å²) in [5.41, 5.74) is 4.93. The molecule has 0 spiro atoms. The quantitative estimate of drug-likeness (QED) is 0.691. The Morgan fingerprint density at radius 1 is 1.36 bits per heavy atom. The third-order valence-corrected chi connectivity index (χ3v) is 4.02. The zero-order chi connectivity index (χ0) is 16.5. The summed E-state index contributed by atoms with van der Waals surface area (Å²) >= 11 is 0. The first-order valence-corrected chi connectivity index (χ1v) is 6.79. The fourth-order valence-corrected chi connectivity index (χ4v) is 3.07. The molecule has 118 valence electrons. The second-order valence-electron chi connectivity index (χ2n) is 5.34. The Balaban J connectivity index is 2.63. The van der Waals surface area contributed by atoms with Gasteiger partial charge in [-0.05, 0) is 36.6 Å². The number of carbonyl (C=O) groups excluding carboxylic acids is 1. The molecule has 0 bridgehead atoms. The molecule has 0 saturated heterocycles. The zero-order valence-corrected chi connectivity index (χ0v) is 12.0. The van der Waals surface area contributed by atoms with Crippen LogP contribution in [-0.2, 0) is 20.7 Å². The van der Waals surface area contributed by atoms with Gasteiger partial charge in [-0.2, -0.15) is 0 Å². The van der Waals surface area contributed by atoms with Crippen LogP contribution in [0.25, 0.3) is 0 Å². The molecule has 1 aliphatic carbocycles. The van der Waals surface area contributed by atoms with Crippen molar-refractivity contribution in [2.45, 2.75) is 25.9 Å². The van der Waals surface area contributed by atoms with Crippen molar-refractivity contribution in [2.75, 3.05) is 6.54 Å². The minimum atomic E-state index is -1.44. The van der Waals surface area contributed by atoms with Crippen molar-refractivity contribution in [1.82, 2.24) is 0 Å². The Labute approximate surface area is 126 Å². The van der Waals surface area contributed by atoms with E-state index in [2.05, 4.69) is 0 Å². The molecule has 1 aromatic carbocycles. The predicted molar refractivity (Wildman–Crippen MR) is 75.4 cm³/mol. The highest BCUT2D eigenvalue weighted by Crippen LogP contribution is 2.51. The van der Waals surface area contributed by atoms with Crippen LogP contribution >= 0.6 is 0 Å². The average Bonchev–Trinajstić information content (AvgIpc) is 2.73. The fraction of sp³-hybridized carbons (Fsp3) is 0.400. The Kier molecular flexibility index (Phi) is 4.18. The number of carboxylic acid groups (broad SMARTS) is 2. The summed E-state index contributed by atoms with van der Waals surface area (Å²) in [4.78, 5) is 34.6. The van der Waals surface area contributed by atoms with Gasteiger partial charge in [-0.25, -0.2) is 4.79 Å². The van der Waals surface area contributed by atoms with Gasteiger partial charge in [0.2, 0.25) is 0 Å². The number of ether oxygens (including phenoxy) is 1. The predicted octanol–water partition coefficient (Wildman–Crippen LogP) is 0.965. The van der Waals surface area contributed by atoms with Crippen LogP contribution in [0.15, 0.2) is 18.2 Å². The van der Waals surface area contributed by atoms with Crippen molar-refractivity contribution in [3.05, 3.63) is 34.9 Å². The van der Waals surface area contributed by atoms with E-state index in [0.29, 0.717) is 11.1 Å². The Bertz CT molecular complexity index is 641.